The molecule has 3 aliphatic rings. The Bertz CT molecular complexity index is 2240. The van der Waals surface area contributed by atoms with Crippen molar-refractivity contribution in [1.82, 2.24) is 5.32 Å². The van der Waals surface area contributed by atoms with Gasteiger partial charge >= 0.3 is 0 Å². The molecular weight excluding hydrogens is 1210 g/mol. The smallest absolute Gasteiger partial charge is 0.220 e. The van der Waals surface area contributed by atoms with Gasteiger partial charge in [0.25, 0.3) is 0 Å². The van der Waals surface area contributed by atoms with E-state index in [1.807, 2.05) is 6.08 Å². The molecule has 95 heavy (non-hydrogen) atoms. The van der Waals surface area contributed by atoms with Crippen LogP contribution in [0.3, 0.4) is 0 Å². The molecule has 19 nitrogen and oxygen atoms in total. The minimum Gasteiger partial charge on any atom is -0.394 e. The third-order valence-corrected chi connectivity index (χ3v) is 16.9. The maximum Gasteiger partial charge on any atom is 0.220 e. The molecule has 0 saturated carbocycles. The van der Waals surface area contributed by atoms with Crippen LogP contribution >= 0.6 is 0 Å². The molecule has 3 rings (SSSR count). The predicted octanol–water partition coefficient (Wildman–Crippen LogP) is 10.2. The number of allylic oxidation sites excluding steroid dienone is 21. The summed E-state index contributed by atoms with van der Waals surface area (Å²) in [6.07, 6.45) is 51.3. The number of rotatable bonds is 53. The number of unbranched alkanes of at least 4 members (excludes halogenated alkanes) is 17. The zero-order valence-electron chi connectivity index (χ0n) is 57.3. The minimum atomic E-state index is -1.99. The van der Waals surface area contributed by atoms with Crippen LogP contribution in [0.4, 0.5) is 0 Å². The molecule has 0 radical (unpaired) electrons. The van der Waals surface area contributed by atoms with E-state index in [9.17, 15) is 61.0 Å². The van der Waals surface area contributed by atoms with Gasteiger partial charge in [-0.1, -0.05) is 225 Å². The lowest BCUT2D eigenvalue weighted by molar-refractivity contribution is -0.379. The van der Waals surface area contributed by atoms with Crippen molar-refractivity contribution in [3.05, 3.63) is 134 Å². The van der Waals surface area contributed by atoms with Gasteiger partial charge in [-0.05, 0) is 109 Å². The summed E-state index contributed by atoms with van der Waals surface area (Å²) in [4.78, 5) is 13.4. The van der Waals surface area contributed by atoms with Crippen molar-refractivity contribution in [1.29, 1.82) is 0 Å². The molecule has 1 amide bonds. The summed E-state index contributed by atoms with van der Waals surface area (Å²) >= 11 is 0. The van der Waals surface area contributed by atoms with Crippen LogP contribution in [-0.2, 0) is 33.2 Å². The summed E-state index contributed by atoms with van der Waals surface area (Å²) in [5.41, 5.74) is 0. The van der Waals surface area contributed by atoms with Crippen LogP contribution in [0.5, 0.6) is 0 Å². The molecule has 17 atom stereocenters. The molecule has 542 valence electrons. The molecule has 3 aliphatic heterocycles. The van der Waals surface area contributed by atoms with Crippen LogP contribution in [0.15, 0.2) is 134 Å². The van der Waals surface area contributed by atoms with E-state index in [1.54, 1.807) is 6.08 Å². The number of hydrogen-bond donors (Lipinski definition) is 12. The first kappa shape index (κ1) is 85.2. The standard InChI is InChI=1S/C76H125NO18/c1-3-5-7-9-11-13-15-17-19-21-23-24-25-26-27-28-29-30-31-32-33-34-36-38-40-42-44-46-48-50-52-54-64(82)77-59(60(81)53-51-49-47-45-43-41-39-37-35-22-20-18-16-14-12-10-8-6-4-2)58-90-74-70(88)67(85)72(62(56-79)92-74)95-76-71(89)68(86)73(63(57-80)93-76)94-75-69(87)66(84)65(83)61(55-78)91-75/h5,7,11,13,17,19,23-24,26-27,29-30,32-33,35-38,43,45,51,53,59-63,65-76,78-81,83-89H,3-4,6,8-10,12,14-16,18,20-22,25,28,31,34,39-42,44,46-50,52,54-58H2,1-2H3,(H,77,82)/b7-5-,13-11-,19-17-,24-23-,27-26-,30-29-,33-32-,37-35+,38-36-,45-43+,53-51+. The van der Waals surface area contributed by atoms with Crippen molar-refractivity contribution in [2.45, 2.75) is 311 Å². The quantitative estimate of drug-likeness (QED) is 0.0199. The summed E-state index contributed by atoms with van der Waals surface area (Å²) in [5, 5.41) is 121. The molecule has 3 fully saturated rings. The van der Waals surface area contributed by atoms with Crippen LogP contribution in [0.2, 0.25) is 0 Å². The predicted molar refractivity (Wildman–Crippen MR) is 373 cm³/mol. The molecule has 0 aromatic heterocycles. The van der Waals surface area contributed by atoms with E-state index in [1.165, 1.54) is 57.8 Å². The number of nitrogens with one attached hydrogen (secondary N) is 1. The molecule has 3 heterocycles. The number of carbonyl (C=O) groups is 1. The van der Waals surface area contributed by atoms with Crippen molar-refractivity contribution in [2.75, 3.05) is 26.4 Å². The lowest BCUT2D eigenvalue weighted by Crippen LogP contribution is -2.66. The molecule has 0 spiro atoms. The van der Waals surface area contributed by atoms with E-state index >= 15 is 0 Å². The molecule has 0 aliphatic carbocycles. The summed E-state index contributed by atoms with van der Waals surface area (Å²) in [7, 11) is 0. The van der Waals surface area contributed by atoms with Crippen molar-refractivity contribution in [3.8, 4) is 0 Å². The van der Waals surface area contributed by atoms with Gasteiger partial charge < -0.3 is 89.9 Å². The van der Waals surface area contributed by atoms with Crippen LogP contribution < -0.4 is 5.32 Å². The Hall–Kier alpha value is -4.07. The Kier molecular flexibility index (Phi) is 50.0. The molecule has 0 bridgehead atoms. The maximum absolute atomic E-state index is 13.4. The van der Waals surface area contributed by atoms with E-state index in [-0.39, 0.29) is 18.9 Å². The fourth-order valence-corrected chi connectivity index (χ4v) is 11.1. The molecule has 12 N–H and O–H groups in total. The molecule has 17 unspecified atom stereocenters. The highest BCUT2D eigenvalue weighted by atomic mass is 16.8. The molecular formula is C76H125NO18. The first-order valence-corrected chi connectivity index (χ1v) is 35.9. The lowest BCUT2D eigenvalue weighted by atomic mass is 9.96. The minimum absolute atomic E-state index is 0.205. The first-order valence-electron chi connectivity index (χ1n) is 35.9. The largest absolute Gasteiger partial charge is 0.394 e. The van der Waals surface area contributed by atoms with Crippen molar-refractivity contribution < 1.29 is 89.4 Å². The summed E-state index contributed by atoms with van der Waals surface area (Å²) in [5.74, 6) is -0.310. The van der Waals surface area contributed by atoms with Crippen molar-refractivity contribution in [3.63, 3.8) is 0 Å². The third-order valence-electron chi connectivity index (χ3n) is 16.9. The fourth-order valence-electron chi connectivity index (χ4n) is 11.1. The van der Waals surface area contributed by atoms with E-state index in [0.717, 1.165) is 116 Å². The van der Waals surface area contributed by atoms with Gasteiger partial charge in [0, 0.05) is 6.42 Å². The SMILES string of the molecule is CC/C=C\C/C=C\C/C=C\C/C=C\C/C=C\C/C=C\C/C=C\C/C=C\CCCCCCCCC(=O)NC(COC1OC(CO)C(OC2OC(CO)C(OC3OC(CO)C(O)C(O)C3O)C(O)C2O)C(O)C1O)C(O)/C=C/CC/C=C/CC/C=C/CCCCCCCCCCC. The third kappa shape index (κ3) is 37.1. The number of aliphatic hydroxyl groups is 11. The van der Waals surface area contributed by atoms with E-state index in [0.29, 0.717) is 12.8 Å². The topological polar surface area (TPSA) is 307 Å². The Morgan fingerprint density at radius 1 is 0.389 bits per heavy atom. The summed E-state index contributed by atoms with van der Waals surface area (Å²) in [6, 6.07) is -1.02. The normalized spacial score (nSPS) is 28.0. The van der Waals surface area contributed by atoms with Gasteiger partial charge in [0.2, 0.25) is 5.91 Å². The van der Waals surface area contributed by atoms with Gasteiger partial charge in [-0.2, -0.15) is 0 Å². The summed E-state index contributed by atoms with van der Waals surface area (Å²) < 4.78 is 34.3. The van der Waals surface area contributed by atoms with Gasteiger partial charge in [0.1, 0.15) is 73.2 Å². The molecule has 0 aromatic rings. The van der Waals surface area contributed by atoms with Gasteiger partial charge in [-0.15, -0.1) is 0 Å². The van der Waals surface area contributed by atoms with Crippen molar-refractivity contribution >= 4 is 5.91 Å². The average molecular weight is 1340 g/mol. The van der Waals surface area contributed by atoms with Crippen LogP contribution in [0.25, 0.3) is 0 Å². The van der Waals surface area contributed by atoms with Gasteiger partial charge in [0.05, 0.1) is 38.6 Å². The van der Waals surface area contributed by atoms with Gasteiger partial charge in [0.15, 0.2) is 18.9 Å². The fraction of sp³-hybridized carbons (Fsp3) is 0.697. The highest BCUT2D eigenvalue weighted by Gasteiger charge is 2.53. The average Bonchev–Trinajstić information content (AvgIpc) is 0.787. The van der Waals surface area contributed by atoms with Gasteiger partial charge in [-0.25, -0.2) is 0 Å². The Balaban J connectivity index is 1.44. The highest BCUT2D eigenvalue weighted by molar-refractivity contribution is 5.76. The second-order valence-corrected chi connectivity index (χ2v) is 24.9. The van der Waals surface area contributed by atoms with Crippen LogP contribution in [0, 0.1) is 0 Å². The second-order valence-electron chi connectivity index (χ2n) is 24.9. The number of hydrogen-bond acceptors (Lipinski definition) is 18. The van der Waals surface area contributed by atoms with Crippen LogP contribution in [0.1, 0.15) is 206 Å². The van der Waals surface area contributed by atoms with Crippen molar-refractivity contribution in [2.24, 2.45) is 0 Å². The second kappa shape index (κ2) is 55.8. The molecule has 3 saturated heterocycles. The highest BCUT2D eigenvalue weighted by Crippen LogP contribution is 2.33. The van der Waals surface area contributed by atoms with Crippen LogP contribution in [-0.4, -0.2) is 193 Å². The first-order chi connectivity index (χ1) is 46.3. The zero-order chi connectivity index (χ0) is 68.9. The summed E-state index contributed by atoms with van der Waals surface area (Å²) in [6.45, 7) is 1.56. The Morgan fingerprint density at radius 3 is 1.18 bits per heavy atom. The van der Waals surface area contributed by atoms with E-state index in [4.69, 9.17) is 28.4 Å². The number of amides is 1. The number of carbonyl (C=O) groups excluding carboxylic acids is 1. The Labute approximate surface area is 569 Å². The Morgan fingerprint density at radius 2 is 0.737 bits per heavy atom. The maximum atomic E-state index is 13.4. The van der Waals surface area contributed by atoms with E-state index < -0.39 is 124 Å². The monoisotopic (exact) mass is 1340 g/mol. The number of aliphatic hydroxyl groups excluding tert-OH is 11. The van der Waals surface area contributed by atoms with E-state index in [2.05, 4.69) is 141 Å². The zero-order valence-corrected chi connectivity index (χ0v) is 57.3. The molecule has 19 heteroatoms. The number of ether oxygens (including phenoxy) is 6. The van der Waals surface area contributed by atoms with Gasteiger partial charge in [-0.3, -0.25) is 4.79 Å². The molecule has 0 aromatic carbocycles. The lowest BCUT2D eigenvalue weighted by Gasteiger charge is -2.48.